The van der Waals surface area contributed by atoms with Crippen LogP contribution in [-0.4, -0.2) is 80.1 Å². The van der Waals surface area contributed by atoms with E-state index in [-0.39, 0.29) is 12.8 Å². The summed E-state index contributed by atoms with van der Waals surface area (Å²) in [5.74, 6) is -3.39. The number of aromatic amines is 2. The lowest BCUT2D eigenvalue weighted by molar-refractivity contribution is -0.142. The maximum absolute atomic E-state index is 13.1. The Bertz CT molecular complexity index is 1180. The Morgan fingerprint density at radius 3 is 2.49 bits per heavy atom. The van der Waals surface area contributed by atoms with E-state index in [4.69, 9.17) is 10.8 Å². The third-order valence-electron chi connectivity index (χ3n) is 5.30. The lowest BCUT2D eigenvalue weighted by atomic mass is 10.0. The van der Waals surface area contributed by atoms with Gasteiger partial charge in [-0.3, -0.25) is 14.4 Å². The first kappa shape index (κ1) is 25.4. The number of carboxylic acid groups (broad SMARTS) is 1. The molecule has 3 amide bonds. The minimum Gasteiger partial charge on any atom is -0.480 e. The van der Waals surface area contributed by atoms with Crippen LogP contribution < -0.4 is 21.7 Å². The lowest BCUT2D eigenvalue weighted by Crippen LogP contribution is -2.55. The zero-order valence-corrected chi connectivity index (χ0v) is 18.7. The number of imidazole rings is 1. The second-order valence-corrected chi connectivity index (χ2v) is 7.87. The molecule has 0 fully saturated rings. The highest BCUT2D eigenvalue weighted by Crippen LogP contribution is 2.19. The van der Waals surface area contributed by atoms with Crippen molar-refractivity contribution in [1.82, 2.24) is 30.9 Å². The number of H-pyrrole nitrogens is 2. The maximum Gasteiger partial charge on any atom is 0.326 e. The number of nitrogens with zero attached hydrogens (tertiary/aromatic N) is 1. The van der Waals surface area contributed by atoms with Crippen molar-refractivity contribution in [3.8, 4) is 0 Å². The van der Waals surface area contributed by atoms with Gasteiger partial charge in [0.15, 0.2) is 0 Å². The second kappa shape index (κ2) is 11.8. The number of rotatable bonds is 12. The van der Waals surface area contributed by atoms with Crippen LogP contribution in [0.2, 0.25) is 0 Å². The number of amides is 3. The minimum absolute atomic E-state index is 0.0378. The van der Waals surface area contributed by atoms with Crippen LogP contribution in [0.5, 0.6) is 0 Å². The van der Waals surface area contributed by atoms with E-state index in [0.717, 1.165) is 16.5 Å². The van der Waals surface area contributed by atoms with Gasteiger partial charge >= 0.3 is 5.97 Å². The fourth-order valence-electron chi connectivity index (χ4n) is 3.45. The monoisotopic (exact) mass is 485 g/mol. The van der Waals surface area contributed by atoms with Gasteiger partial charge in [-0.15, -0.1) is 0 Å². The molecule has 9 N–H and O–H groups in total. The van der Waals surface area contributed by atoms with Gasteiger partial charge in [0.05, 0.1) is 19.5 Å². The zero-order chi connectivity index (χ0) is 25.4. The van der Waals surface area contributed by atoms with Gasteiger partial charge in [-0.1, -0.05) is 18.2 Å². The van der Waals surface area contributed by atoms with Crippen molar-refractivity contribution in [3.05, 3.63) is 54.2 Å². The summed E-state index contributed by atoms with van der Waals surface area (Å²) in [5.41, 5.74) is 7.49. The van der Waals surface area contributed by atoms with Crippen LogP contribution in [0, 0.1) is 0 Å². The summed E-state index contributed by atoms with van der Waals surface area (Å²) in [6.45, 7) is -1.08. The summed E-state index contributed by atoms with van der Waals surface area (Å²) >= 11 is 0. The predicted octanol–water partition coefficient (Wildman–Crippen LogP) is -1.83. The number of benzene rings is 1. The standard InChI is InChI=1S/C22H27N7O6/c23-15(10-30)20(32)26-9-19(31)28-17(5-12-7-25-16-4-2-1-3-14(12)16)21(33)29-18(22(34)35)6-13-8-24-11-27-13/h1-4,7-8,11,15,17-18,25,30H,5-6,9-10,23H2,(H,24,27)(H,26,32)(H,28,31)(H,29,33)(H,34,35). The van der Waals surface area contributed by atoms with Gasteiger partial charge in [0, 0.05) is 41.8 Å². The van der Waals surface area contributed by atoms with E-state index in [0.29, 0.717) is 5.69 Å². The molecule has 0 bridgehead atoms. The number of aliphatic hydroxyl groups is 1. The first-order valence-corrected chi connectivity index (χ1v) is 10.8. The molecular formula is C22H27N7O6. The molecule has 0 aliphatic heterocycles. The second-order valence-electron chi connectivity index (χ2n) is 7.87. The van der Waals surface area contributed by atoms with Crippen LogP contribution in [0.25, 0.3) is 10.9 Å². The minimum atomic E-state index is -1.27. The van der Waals surface area contributed by atoms with Crippen molar-refractivity contribution in [2.24, 2.45) is 5.73 Å². The third-order valence-corrected chi connectivity index (χ3v) is 5.30. The molecule has 186 valence electrons. The number of hydrogen-bond acceptors (Lipinski definition) is 7. The highest BCUT2D eigenvalue weighted by molar-refractivity contribution is 5.93. The molecule has 3 unspecified atom stereocenters. The number of nitrogens with two attached hydrogens (primary N) is 1. The van der Waals surface area contributed by atoms with Gasteiger partial charge in [-0.25, -0.2) is 9.78 Å². The summed E-state index contributed by atoms with van der Waals surface area (Å²) in [7, 11) is 0. The van der Waals surface area contributed by atoms with E-state index in [1.54, 1.807) is 6.20 Å². The van der Waals surface area contributed by atoms with Crippen LogP contribution in [0.4, 0.5) is 0 Å². The molecule has 0 aliphatic carbocycles. The fraction of sp³-hybridized carbons (Fsp3) is 0.318. The Labute approximate surface area is 199 Å². The number of para-hydroxylation sites is 1. The molecule has 0 aliphatic rings. The lowest BCUT2D eigenvalue weighted by Gasteiger charge is -2.21. The number of aromatic nitrogens is 3. The molecule has 3 atom stereocenters. The SMILES string of the molecule is NC(CO)C(=O)NCC(=O)NC(Cc1c[nH]c2ccccc12)C(=O)NC(Cc1cnc[nH]1)C(=O)O. The number of carbonyl (C=O) groups excluding carboxylic acids is 3. The molecule has 0 saturated carbocycles. The number of nitrogens with one attached hydrogen (secondary N) is 5. The molecular weight excluding hydrogens is 458 g/mol. The largest absolute Gasteiger partial charge is 0.480 e. The van der Waals surface area contributed by atoms with Crippen LogP contribution in [-0.2, 0) is 32.0 Å². The average Bonchev–Trinajstić information content (AvgIpc) is 3.51. The summed E-state index contributed by atoms with van der Waals surface area (Å²) in [4.78, 5) is 58.8. The molecule has 1 aromatic carbocycles. The fourth-order valence-corrected chi connectivity index (χ4v) is 3.45. The Balaban J connectivity index is 1.75. The van der Waals surface area contributed by atoms with Gasteiger partial charge < -0.3 is 41.9 Å². The number of hydrogen-bond donors (Lipinski definition) is 8. The summed E-state index contributed by atoms with van der Waals surface area (Å²) < 4.78 is 0. The van der Waals surface area contributed by atoms with Gasteiger partial charge in [-0.2, -0.15) is 0 Å². The molecule has 3 rings (SSSR count). The smallest absolute Gasteiger partial charge is 0.326 e. The van der Waals surface area contributed by atoms with Crippen molar-refractivity contribution >= 4 is 34.6 Å². The van der Waals surface area contributed by atoms with E-state index in [1.807, 2.05) is 24.3 Å². The van der Waals surface area contributed by atoms with Crippen molar-refractivity contribution in [3.63, 3.8) is 0 Å². The first-order valence-electron chi connectivity index (χ1n) is 10.8. The Morgan fingerprint density at radius 2 is 1.80 bits per heavy atom. The van der Waals surface area contributed by atoms with Gasteiger partial charge in [0.2, 0.25) is 17.7 Å². The number of aliphatic hydroxyl groups excluding tert-OH is 1. The Kier molecular flexibility index (Phi) is 8.53. The molecule has 3 aromatic rings. The number of fused-ring (bicyclic) bond motifs is 1. The highest BCUT2D eigenvalue weighted by atomic mass is 16.4. The molecule has 13 nitrogen and oxygen atoms in total. The molecule has 0 spiro atoms. The maximum atomic E-state index is 13.1. The van der Waals surface area contributed by atoms with Gasteiger partial charge in [-0.05, 0) is 11.6 Å². The van der Waals surface area contributed by atoms with Crippen molar-refractivity contribution < 1.29 is 29.4 Å². The predicted molar refractivity (Wildman–Crippen MR) is 124 cm³/mol. The van der Waals surface area contributed by atoms with E-state index in [2.05, 4.69) is 30.9 Å². The quantitative estimate of drug-likeness (QED) is 0.146. The molecule has 2 heterocycles. The normalized spacial score (nSPS) is 13.5. The number of aliphatic carboxylic acids is 1. The van der Waals surface area contributed by atoms with E-state index in [1.165, 1.54) is 12.5 Å². The molecule has 0 radical (unpaired) electrons. The average molecular weight is 486 g/mol. The van der Waals surface area contributed by atoms with Crippen molar-refractivity contribution in [1.29, 1.82) is 0 Å². The number of carbonyl (C=O) groups is 4. The molecule has 13 heteroatoms. The Hall–Kier alpha value is -4.23. The molecule has 2 aromatic heterocycles. The number of carboxylic acids is 1. The van der Waals surface area contributed by atoms with Crippen LogP contribution in [0.3, 0.4) is 0 Å². The van der Waals surface area contributed by atoms with Gasteiger partial charge in [0.1, 0.15) is 18.1 Å². The highest BCUT2D eigenvalue weighted by Gasteiger charge is 2.28. The Morgan fingerprint density at radius 1 is 1.03 bits per heavy atom. The van der Waals surface area contributed by atoms with E-state index < -0.39 is 55.0 Å². The zero-order valence-electron chi connectivity index (χ0n) is 18.7. The van der Waals surface area contributed by atoms with Crippen LogP contribution in [0.1, 0.15) is 11.3 Å². The van der Waals surface area contributed by atoms with E-state index in [9.17, 15) is 24.3 Å². The van der Waals surface area contributed by atoms with Crippen LogP contribution in [0.15, 0.2) is 43.0 Å². The third kappa shape index (κ3) is 6.88. The van der Waals surface area contributed by atoms with E-state index >= 15 is 0 Å². The van der Waals surface area contributed by atoms with Crippen molar-refractivity contribution in [2.75, 3.05) is 13.2 Å². The van der Waals surface area contributed by atoms with Crippen molar-refractivity contribution in [2.45, 2.75) is 31.0 Å². The van der Waals surface area contributed by atoms with Crippen LogP contribution >= 0.6 is 0 Å². The molecule has 35 heavy (non-hydrogen) atoms. The van der Waals surface area contributed by atoms with Gasteiger partial charge in [0.25, 0.3) is 0 Å². The molecule has 0 saturated heterocycles. The topological polar surface area (TPSA) is 215 Å². The first-order chi connectivity index (χ1) is 16.8. The summed E-state index contributed by atoms with van der Waals surface area (Å²) in [6.07, 6.45) is 4.57. The summed E-state index contributed by atoms with van der Waals surface area (Å²) in [5, 5.41) is 26.6. The summed E-state index contributed by atoms with van der Waals surface area (Å²) in [6, 6.07) is 3.79.